The number of anilines is 1. The van der Waals surface area contributed by atoms with Crippen LogP contribution in [-0.2, 0) is 0 Å². The molecule has 0 aliphatic rings. The van der Waals surface area contributed by atoms with Gasteiger partial charge in [-0.15, -0.1) is 0 Å². The summed E-state index contributed by atoms with van der Waals surface area (Å²) in [5, 5.41) is 3.13. The monoisotopic (exact) mass is 224 g/mol. The maximum absolute atomic E-state index is 5.66. The van der Waals surface area contributed by atoms with Gasteiger partial charge in [-0.25, -0.2) is 0 Å². The van der Waals surface area contributed by atoms with Crippen molar-refractivity contribution in [3.8, 4) is 5.75 Å². The molecule has 0 fully saturated rings. The number of nitrogens with two attached hydrogens (primary N) is 1. The summed E-state index contributed by atoms with van der Waals surface area (Å²) in [6.45, 7) is 4.12. The van der Waals surface area contributed by atoms with Crippen molar-refractivity contribution in [1.82, 2.24) is 0 Å². The van der Waals surface area contributed by atoms with Crippen molar-refractivity contribution in [3.63, 3.8) is 0 Å². The van der Waals surface area contributed by atoms with Crippen LogP contribution in [0.5, 0.6) is 5.75 Å². The number of thiocarbonyl (C=S) groups is 1. The Kier molecular flexibility index (Phi) is 4.37. The quantitative estimate of drug-likeness (QED) is 0.771. The zero-order valence-corrected chi connectivity index (χ0v) is 9.80. The average Bonchev–Trinajstić information content (AvgIpc) is 2.17. The summed E-state index contributed by atoms with van der Waals surface area (Å²) in [6.07, 6.45) is 1.19. The number of ether oxygens (including phenoxy) is 1. The van der Waals surface area contributed by atoms with Gasteiger partial charge in [0.05, 0.1) is 6.10 Å². The first-order chi connectivity index (χ1) is 7.11. The van der Waals surface area contributed by atoms with Crippen LogP contribution >= 0.6 is 12.2 Å². The van der Waals surface area contributed by atoms with Crippen molar-refractivity contribution in [3.05, 3.63) is 24.3 Å². The molecule has 0 aromatic heterocycles. The van der Waals surface area contributed by atoms with E-state index in [1.54, 1.807) is 0 Å². The lowest BCUT2D eigenvalue weighted by atomic mass is 10.3. The van der Waals surface area contributed by atoms with Crippen LogP contribution in [0.1, 0.15) is 20.3 Å². The first kappa shape index (κ1) is 11.8. The van der Waals surface area contributed by atoms with E-state index >= 15 is 0 Å². The molecule has 1 aromatic carbocycles. The minimum atomic E-state index is 0.213. The van der Waals surface area contributed by atoms with E-state index in [-0.39, 0.29) is 11.2 Å². The molecule has 1 unspecified atom stereocenters. The van der Waals surface area contributed by atoms with Crippen molar-refractivity contribution < 1.29 is 4.74 Å². The van der Waals surface area contributed by atoms with Crippen LogP contribution in [0.15, 0.2) is 24.3 Å². The van der Waals surface area contributed by atoms with E-state index in [0.717, 1.165) is 17.9 Å². The summed E-state index contributed by atoms with van der Waals surface area (Å²) in [4.78, 5) is 0. The van der Waals surface area contributed by atoms with Gasteiger partial charge in [-0.3, -0.25) is 0 Å². The summed E-state index contributed by atoms with van der Waals surface area (Å²) in [5.74, 6) is 0.825. The minimum absolute atomic E-state index is 0.213. The standard InChI is InChI=1S/C11H16N2OS/c1-3-8(2)14-10-6-4-5-9(7-10)13-11(12)15/h4-8H,3H2,1-2H3,(H3,12,13,15). The Morgan fingerprint density at radius 3 is 2.93 bits per heavy atom. The van der Waals surface area contributed by atoms with Crippen molar-refractivity contribution in [2.24, 2.45) is 5.73 Å². The molecule has 3 nitrogen and oxygen atoms in total. The normalized spacial score (nSPS) is 11.9. The van der Waals surface area contributed by atoms with Crippen LogP contribution < -0.4 is 15.8 Å². The summed E-state index contributed by atoms with van der Waals surface area (Å²) in [5.41, 5.74) is 6.23. The zero-order chi connectivity index (χ0) is 11.3. The SMILES string of the molecule is CCC(C)Oc1cccc(NC(N)=S)c1. The van der Waals surface area contributed by atoms with Gasteiger partial charge in [-0.1, -0.05) is 13.0 Å². The first-order valence-electron chi connectivity index (χ1n) is 4.95. The Hall–Kier alpha value is -1.29. The second-order valence-corrected chi connectivity index (χ2v) is 3.79. The summed E-state index contributed by atoms with van der Waals surface area (Å²) in [7, 11) is 0. The predicted octanol–water partition coefficient (Wildman–Crippen LogP) is 2.52. The molecule has 0 aliphatic carbocycles. The highest BCUT2D eigenvalue weighted by Crippen LogP contribution is 2.18. The van der Waals surface area contributed by atoms with Crippen LogP contribution in [0.25, 0.3) is 0 Å². The lowest BCUT2D eigenvalue weighted by Gasteiger charge is -2.13. The van der Waals surface area contributed by atoms with E-state index < -0.39 is 0 Å². The van der Waals surface area contributed by atoms with Gasteiger partial charge in [0.25, 0.3) is 0 Å². The average molecular weight is 224 g/mol. The maximum atomic E-state index is 5.66. The van der Waals surface area contributed by atoms with E-state index in [4.69, 9.17) is 22.7 Å². The second-order valence-electron chi connectivity index (χ2n) is 3.35. The molecule has 0 amide bonds. The third-order valence-corrected chi connectivity index (χ3v) is 2.12. The fourth-order valence-corrected chi connectivity index (χ4v) is 1.22. The Labute approximate surface area is 95.6 Å². The first-order valence-corrected chi connectivity index (χ1v) is 5.35. The fraction of sp³-hybridized carbons (Fsp3) is 0.364. The van der Waals surface area contributed by atoms with Gasteiger partial charge in [0.1, 0.15) is 5.75 Å². The van der Waals surface area contributed by atoms with Crippen molar-refractivity contribution in [2.75, 3.05) is 5.32 Å². The summed E-state index contributed by atoms with van der Waals surface area (Å²) >= 11 is 4.76. The topological polar surface area (TPSA) is 47.3 Å². The molecular formula is C11H16N2OS. The highest BCUT2D eigenvalue weighted by atomic mass is 32.1. The number of hydrogen-bond donors (Lipinski definition) is 2. The lowest BCUT2D eigenvalue weighted by molar-refractivity contribution is 0.217. The Morgan fingerprint density at radius 1 is 1.60 bits per heavy atom. The van der Waals surface area contributed by atoms with E-state index in [9.17, 15) is 0 Å². The van der Waals surface area contributed by atoms with Crippen molar-refractivity contribution in [1.29, 1.82) is 0 Å². The Balaban J connectivity index is 2.69. The largest absolute Gasteiger partial charge is 0.491 e. The molecule has 0 aliphatic heterocycles. The van der Waals surface area contributed by atoms with E-state index in [1.807, 2.05) is 31.2 Å². The molecule has 1 aromatic rings. The highest BCUT2D eigenvalue weighted by molar-refractivity contribution is 7.80. The Bertz CT molecular complexity index is 341. The van der Waals surface area contributed by atoms with Crippen LogP contribution in [0.3, 0.4) is 0 Å². The van der Waals surface area contributed by atoms with Crippen LogP contribution in [-0.4, -0.2) is 11.2 Å². The molecule has 1 rings (SSSR count). The summed E-state index contributed by atoms with van der Waals surface area (Å²) < 4.78 is 5.66. The minimum Gasteiger partial charge on any atom is -0.491 e. The molecule has 15 heavy (non-hydrogen) atoms. The maximum Gasteiger partial charge on any atom is 0.168 e. The Morgan fingerprint density at radius 2 is 2.33 bits per heavy atom. The third-order valence-electron chi connectivity index (χ3n) is 2.01. The van der Waals surface area contributed by atoms with Gasteiger partial charge in [0.2, 0.25) is 0 Å². The number of rotatable bonds is 4. The number of nitrogens with one attached hydrogen (secondary N) is 1. The second kappa shape index (κ2) is 5.56. The predicted molar refractivity (Wildman–Crippen MR) is 67.2 cm³/mol. The van der Waals surface area contributed by atoms with E-state index in [2.05, 4.69) is 12.2 Å². The van der Waals surface area contributed by atoms with E-state index in [0.29, 0.717) is 0 Å². The molecule has 82 valence electrons. The van der Waals surface area contributed by atoms with Gasteiger partial charge in [0.15, 0.2) is 5.11 Å². The van der Waals surface area contributed by atoms with Gasteiger partial charge in [-0.2, -0.15) is 0 Å². The van der Waals surface area contributed by atoms with Crippen LogP contribution in [0.2, 0.25) is 0 Å². The highest BCUT2D eigenvalue weighted by Gasteiger charge is 2.01. The molecule has 0 spiro atoms. The smallest absolute Gasteiger partial charge is 0.168 e. The van der Waals surface area contributed by atoms with Gasteiger partial charge < -0.3 is 15.8 Å². The third kappa shape index (κ3) is 4.16. The molecular weight excluding hydrogens is 208 g/mol. The summed E-state index contributed by atoms with van der Waals surface area (Å²) in [6, 6.07) is 7.59. The lowest BCUT2D eigenvalue weighted by Crippen LogP contribution is -2.19. The molecule has 0 radical (unpaired) electrons. The molecule has 0 heterocycles. The zero-order valence-electron chi connectivity index (χ0n) is 8.99. The number of benzene rings is 1. The van der Waals surface area contributed by atoms with E-state index in [1.165, 1.54) is 0 Å². The number of hydrogen-bond acceptors (Lipinski definition) is 2. The van der Waals surface area contributed by atoms with Gasteiger partial charge >= 0.3 is 0 Å². The molecule has 3 N–H and O–H groups in total. The van der Waals surface area contributed by atoms with Crippen LogP contribution in [0.4, 0.5) is 5.69 Å². The van der Waals surface area contributed by atoms with Crippen molar-refractivity contribution >= 4 is 23.0 Å². The molecule has 1 atom stereocenters. The molecule has 0 bridgehead atoms. The van der Waals surface area contributed by atoms with Crippen LogP contribution in [0, 0.1) is 0 Å². The van der Waals surface area contributed by atoms with Gasteiger partial charge in [-0.05, 0) is 37.7 Å². The van der Waals surface area contributed by atoms with Gasteiger partial charge in [0, 0.05) is 11.8 Å². The fourth-order valence-electron chi connectivity index (χ4n) is 1.11. The van der Waals surface area contributed by atoms with Crippen molar-refractivity contribution in [2.45, 2.75) is 26.4 Å². The molecule has 0 saturated carbocycles. The molecule has 4 heteroatoms. The molecule has 0 saturated heterocycles.